The van der Waals surface area contributed by atoms with Crippen molar-refractivity contribution in [2.45, 2.75) is 51.9 Å². The second-order valence-corrected chi connectivity index (χ2v) is 7.87. The van der Waals surface area contributed by atoms with Gasteiger partial charge in [-0.15, -0.1) is 0 Å². The molecule has 0 fully saturated rings. The summed E-state index contributed by atoms with van der Waals surface area (Å²) < 4.78 is 26.8. The molecule has 0 aliphatic heterocycles. The fourth-order valence-electron chi connectivity index (χ4n) is 1.77. The van der Waals surface area contributed by atoms with Crippen molar-refractivity contribution in [1.29, 1.82) is 0 Å². The van der Waals surface area contributed by atoms with Crippen LogP contribution in [0.3, 0.4) is 0 Å². The van der Waals surface area contributed by atoms with E-state index >= 15 is 0 Å². The van der Waals surface area contributed by atoms with E-state index in [0.717, 1.165) is 19.3 Å². The quantitative estimate of drug-likeness (QED) is 0.870. The highest BCUT2D eigenvalue weighted by molar-refractivity contribution is 7.89. The Labute approximate surface area is 117 Å². The van der Waals surface area contributed by atoms with E-state index in [2.05, 4.69) is 32.4 Å². The minimum Gasteiger partial charge on any atom is -0.211 e. The highest BCUT2D eigenvalue weighted by Crippen LogP contribution is 2.18. The first-order valence-corrected chi connectivity index (χ1v) is 8.31. The molecular weight excluding hydrogens is 258 g/mol. The molecule has 1 aromatic carbocycles. The lowest BCUT2D eigenvalue weighted by Gasteiger charge is -2.18. The molecule has 0 aromatic heterocycles. The van der Waals surface area contributed by atoms with Crippen molar-refractivity contribution >= 4 is 10.0 Å². The van der Waals surface area contributed by atoms with E-state index in [4.69, 9.17) is 0 Å². The van der Waals surface area contributed by atoms with E-state index in [-0.39, 0.29) is 5.41 Å². The number of rotatable bonds is 6. The smallest absolute Gasteiger partial charge is 0.211 e. The van der Waals surface area contributed by atoms with Crippen LogP contribution >= 0.6 is 0 Å². The number of nitrogens with one attached hydrogen (secondary N) is 1. The summed E-state index contributed by atoms with van der Waals surface area (Å²) in [7, 11) is -3.36. The number of hydrogen-bond donors (Lipinski definition) is 1. The molecule has 19 heavy (non-hydrogen) atoms. The van der Waals surface area contributed by atoms with Gasteiger partial charge < -0.3 is 0 Å². The van der Waals surface area contributed by atoms with Crippen molar-refractivity contribution in [1.82, 2.24) is 4.72 Å². The molecule has 4 heteroatoms. The van der Waals surface area contributed by atoms with Gasteiger partial charge in [0.2, 0.25) is 10.0 Å². The SMILES string of the molecule is CCCc1ccc(S(=O)(=O)NCCC(C)(C)C)cc1. The van der Waals surface area contributed by atoms with E-state index < -0.39 is 10.0 Å². The topological polar surface area (TPSA) is 46.2 Å². The van der Waals surface area contributed by atoms with Crippen LogP contribution < -0.4 is 4.72 Å². The molecule has 3 nitrogen and oxygen atoms in total. The highest BCUT2D eigenvalue weighted by atomic mass is 32.2. The molecule has 0 atom stereocenters. The van der Waals surface area contributed by atoms with Gasteiger partial charge in [-0.25, -0.2) is 13.1 Å². The van der Waals surface area contributed by atoms with Crippen molar-refractivity contribution in [3.05, 3.63) is 29.8 Å². The summed E-state index contributed by atoms with van der Waals surface area (Å²) in [5, 5.41) is 0. The molecule has 0 amide bonds. The first kappa shape index (κ1) is 16.2. The summed E-state index contributed by atoms with van der Waals surface area (Å²) in [6, 6.07) is 7.15. The molecule has 0 aliphatic rings. The van der Waals surface area contributed by atoms with Crippen LogP contribution in [0.5, 0.6) is 0 Å². The molecule has 0 saturated carbocycles. The lowest BCUT2D eigenvalue weighted by Crippen LogP contribution is -2.27. The Hall–Kier alpha value is -0.870. The van der Waals surface area contributed by atoms with E-state index in [0.29, 0.717) is 11.4 Å². The van der Waals surface area contributed by atoms with Crippen molar-refractivity contribution < 1.29 is 8.42 Å². The third kappa shape index (κ3) is 5.74. The van der Waals surface area contributed by atoms with Crippen molar-refractivity contribution in [3.8, 4) is 0 Å². The second kappa shape index (κ2) is 6.53. The average molecular weight is 283 g/mol. The van der Waals surface area contributed by atoms with Gasteiger partial charge in [0.15, 0.2) is 0 Å². The van der Waals surface area contributed by atoms with Gasteiger partial charge in [-0.1, -0.05) is 46.2 Å². The first-order chi connectivity index (χ1) is 8.74. The van der Waals surface area contributed by atoms with Gasteiger partial charge in [0, 0.05) is 6.54 Å². The highest BCUT2D eigenvalue weighted by Gasteiger charge is 2.16. The molecular formula is C15H25NO2S. The number of hydrogen-bond acceptors (Lipinski definition) is 2. The minimum absolute atomic E-state index is 0.132. The molecule has 0 unspecified atom stereocenters. The Balaban J connectivity index is 2.67. The number of benzene rings is 1. The zero-order valence-corrected chi connectivity index (χ0v) is 13.2. The van der Waals surface area contributed by atoms with Gasteiger partial charge in [-0.3, -0.25) is 0 Å². The average Bonchev–Trinajstić information content (AvgIpc) is 2.28. The Morgan fingerprint density at radius 3 is 2.16 bits per heavy atom. The molecule has 0 aliphatic carbocycles. The Morgan fingerprint density at radius 1 is 1.11 bits per heavy atom. The summed E-state index contributed by atoms with van der Waals surface area (Å²) in [5.74, 6) is 0. The summed E-state index contributed by atoms with van der Waals surface area (Å²) in [6.07, 6.45) is 2.87. The molecule has 0 radical (unpaired) electrons. The van der Waals surface area contributed by atoms with Crippen LogP contribution in [0.2, 0.25) is 0 Å². The lowest BCUT2D eigenvalue weighted by molar-refractivity contribution is 0.378. The number of aryl methyl sites for hydroxylation is 1. The van der Waals surface area contributed by atoms with E-state index in [1.807, 2.05) is 12.1 Å². The second-order valence-electron chi connectivity index (χ2n) is 6.10. The molecule has 1 rings (SSSR count). The van der Waals surface area contributed by atoms with Gasteiger partial charge in [0.25, 0.3) is 0 Å². The van der Waals surface area contributed by atoms with Crippen LogP contribution in [0.4, 0.5) is 0 Å². The maximum absolute atomic E-state index is 12.1. The lowest BCUT2D eigenvalue weighted by atomic mass is 9.93. The zero-order valence-electron chi connectivity index (χ0n) is 12.4. The fraction of sp³-hybridized carbons (Fsp3) is 0.600. The summed E-state index contributed by atoms with van der Waals surface area (Å²) in [5.41, 5.74) is 1.31. The molecule has 108 valence electrons. The van der Waals surface area contributed by atoms with Crippen LogP contribution in [0.1, 0.15) is 46.1 Å². The molecule has 0 bridgehead atoms. The molecule has 0 spiro atoms. The molecule has 0 heterocycles. The maximum Gasteiger partial charge on any atom is 0.240 e. The standard InChI is InChI=1S/C15H25NO2S/c1-5-6-13-7-9-14(10-8-13)19(17,18)16-12-11-15(2,3)4/h7-10,16H,5-6,11-12H2,1-4H3. The summed E-state index contributed by atoms with van der Waals surface area (Å²) in [6.45, 7) is 8.88. The van der Waals surface area contributed by atoms with Crippen LogP contribution in [0.15, 0.2) is 29.2 Å². The van der Waals surface area contributed by atoms with E-state index in [1.165, 1.54) is 5.56 Å². The van der Waals surface area contributed by atoms with Crippen molar-refractivity contribution in [3.63, 3.8) is 0 Å². The van der Waals surface area contributed by atoms with Gasteiger partial charge in [-0.2, -0.15) is 0 Å². The molecule has 0 saturated heterocycles. The van der Waals surface area contributed by atoms with Crippen molar-refractivity contribution in [2.24, 2.45) is 5.41 Å². The van der Waals surface area contributed by atoms with Crippen molar-refractivity contribution in [2.75, 3.05) is 6.54 Å². The van der Waals surface area contributed by atoms with E-state index in [9.17, 15) is 8.42 Å². The predicted molar refractivity (Wildman–Crippen MR) is 79.7 cm³/mol. The van der Waals surface area contributed by atoms with Gasteiger partial charge in [0.1, 0.15) is 0 Å². The van der Waals surface area contributed by atoms with Crippen LogP contribution in [0.25, 0.3) is 0 Å². The van der Waals surface area contributed by atoms with Crippen LogP contribution in [-0.4, -0.2) is 15.0 Å². The summed E-state index contributed by atoms with van der Waals surface area (Å²) >= 11 is 0. The fourth-order valence-corrected chi connectivity index (χ4v) is 2.80. The molecule has 1 aromatic rings. The molecule has 1 N–H and O–H groups in total. The van der Waals surface area contributed by atoms with Gasteiger partial charge >= 0.3 is 0 Å². The first-order valence-electron chi connectivity index (χ1n) is 6.83. The zero-order chi connectivity index (χ0) is 14.5. The number of sulfonamides is 1. The third-order valence-electron chi connectivity index (χ3n) is 2.94. The minimum atomic E-state index is -3.36. The Kier molecular flexibility index (Phi) is 5.56. The third-order valence-corrected chi connectivity index (χ3v) is 4.42. The van der Waals surface area contributed by atoms with E-state index in [1.54, 1.807) is 12.1 Å². The summed E-state index contributed by atoms with van der Waals surface area (Å²) in [4.78, 5) is 0.348. The largest absolute Gasteiger partial charge is 0.240 e. The Morgan fingerprint density at radius 2 is 1.68 bits per heavy atom. The van der Waals surface area contributed by atoms with Gasteiger partial charge in [-0.05, 0) is 36.0 Å². The monoisotopic (exact) mass is 283 g/mol. The Bertz CT molecular complexity index is 484. The van der Waals surface area contributed by atoms with Gasteiger partial charge in [0.05, 0.1) is 4.90 Å². The normalized spacial score (nSPS) is 12.6. The van der Waals surface area contributed by atoms with Crippen LogP contribution in [-0.2, 0) is 16.4 Å². The predicted octanol–water partition coefficient (Wildman–Crippen LogP) is 3.35. The maximum atomic E-state index is 12.1. The van der Waals surface area contributed by atoms with Crippen LogP contribution in [0, 0.1) is 5.41 Å².